The van der Waals surface area contributed by atoms with Crippen molar-refractivity contribution in [2.24, 2.45) is 5.73 Å². The number of ether oxygens (including phenoxy) is 2. The molecule has 2 aromatic heterocycles. The molecule has 5 N–H and O–H groups in total. The van der Waals surface area contributed by atoms with Crippen LogP contribution < -0.4 is 21.3 Å². The zero-order chi connectivity index (χ0) is 31.9. The van der Waals surface area contributed by atoms with Crippen molar-refractivity contribution in [1.29, 1.82) is 0 Å². The number of carbonyl (C=O) groups is 2. The summed E-state index contributed by atoms with van der Waals surface area (Å²) in [5.41, 5.74) is 9.32. The maximum atomic E-state index is 13.5. The second-order valence-corrected chi connectivity index (χ2v) is 11.5. The van der Waals surface area contributed by atoms with Gasteiger partial charge in [0, 0.05) is 23.1 Å². The van der Waals surface area contributed by atoms with Crippen molar-refractivity contribution >= 4 is 35.2 Å². The number of pyridine rings is 2. The average molecular weight is 649 g/mol. The molecule has 11 nitrogen and oxygen atoms in total. The first-order valence-electron chi connectivity index (χ1n) is 15.2. The van der Waals surface area contributed by atoms with Gasteiger partial charge in [-0.3, -0.25) is 9.59 Å². The summed E-state index contributed by atoms with van der Waals surface area (Å²) in [7, 11) is 0. The Labute approximate surface area is 271 Å². The molecule has 1 amide bonds. The second-order valence-electron chi connectivity index (χ2n) is 11.5. The number of hydrogen-bond donors (Lipinski definition) is 4. The number of aromatic nitrogens is 2. The molecule has 4 aromatic rings. The minimum atomic E-state index is -1.87. The van der Waals surface area contributed by atoms with Gasteiger partial charge in [0.05, 0.1) is 41.7 Å². The number of aromatic hydroxyl groups is 1. The number of nitrogens with one attached hydrogen (secondary N) is 1. The van der Waals surface area contributed by atoms with Crippen LogP contribution in [0.4, 0.5) is 0 Å². The van der Waals surface area contributed by atoms with E-state index in [1.807, 2.05) is 18.2 Å². The number of phenols is 1. The normalized spacial score (nSPS) is 16.9. The summed E-state index contributed by atoms with van der Waals surface area (Å²) in [5.74, 6) is -0.163. The van der Waals surface area contributed by atoms with Gasteiger partial charge in [0.15, 0.2) is 5.60 Å². The summed E-state index contributed by atoms with van der Waals surface area (Å²) in [6.07, 6.45) is 1.74. The molecule has 2 aliphatic rings. The molecule has 0 bridgehead atoms. The standard InChI is InChI=1S/C34H36N4O7.ClH/c1-3-22-23-15-21(44-13-5-12-36-31(40)27(35)14-19-6-8-20(39)9-7-19)10-11-28(23)37-30-24(22)17-38-29(30)16-26-25(32(38)41)18-45-33(42)34(26,43)4-2;/h6-11,15-16,27,39,43H,3-5,12-14,17-18,35H2,1-2H3,(H,36,40);1H/t27-,34-;/m0./s1. The monoisotopic (exact) mass is 648 g/mol. The lowest BCUT2D eigenvalue weighted by atomic mass is 9.86. The van der Waals surface area contributed by atoms with Gasteiger partial charge in [0.1, 0.15) is 18.1 Å². The quantitative estimate of drug-likeness (QED) is 0.131. The zero-order valence-electron chi connectivity index (χ0n) is 25.7. The smallest absolute Gasteiger partial charge is 0.343 e. The maximum absolute atomic E-state index is 13.5. The molecule has 12 heteroatoms. The number of benzene rings is 2. The van der Waals surface area contributed by atoms with Crippen LogP contribution in [0, 0.1) is 0 Å². The third-order valence-electron chi connectivity index (χ3n) is 8.75. The minimum Gasteiger partial charge on any atom is -0.508 e. The molecule has 0 saturated carbocycles. The summed E-state index contributed by atoms with van der Waals surface area (Å²) in [6, 6.07) is 13.3. The van der Waals surface area contributed by atoms with Crippen molar-refractivity contribution in [3.05, 3.63) is 86.7 Å². The van der Waals surface area contributed by atoms with E-state index in [1.165, 1.54) is 0 Å². The van der Waals surface area contributed by atoms with E-state index >= 15 is 0 Å². The fourth-order valence-electron chi connectivity index (χ4n) is 6.22. The van der Waals surface area contributed by atoms with Gasteiger partial charge in [-0.1, -0.05) is 26.0 Å². The molecular weight excluding hydrogens is 612 g/mol. The Morgan fingerprint density at radius 3 is 2.63 bits per heavy atom. The van der Waals surface area contributed by atoms with E-state index in [-0.39, 0.29) is 42.7 Å². The second kappa shape index (κ2) is 13.1. The van der Waals surface area contributed by atoms with Crippen LogP contribution >= 0.6 is 12.4 Å². The highest BCUT2D eigenvalue weighted by molar-refractivity contribution is 5.90. The molecule has 4 heterocycles. The summed E-state index contributed by atoms with van der Waals surface area (Å²) >= 11 is 0. The first-order valence-corrected chi connectivity index (χ1v) is 15.2. The Hall–Kier alpha value is -4.45. The van der Waals surface area contributed by atoms with Crippen LogP contribution in [0.1, 0.15) is 54.5 Å². The summed E-state index contributed by atoms with van der Waals surface area (Å²) in [5, 5.41) is 24.3. The van der Waals surface area contributed by atoms with E-state index < -0.39 is 17.6 Å². The molecule has 242 valence electrons. The van der Waals surface area contributed by atoms with Crippen LogP contribution in [0.15, 0.2) is 53.3 Å². The van der Waals surface area contributed by atoms with E-state index in [2.05, 4.69) is 12.2 Å². The Balaban J connectivity index is 0.00000417. The summed E-state index contributed by atoms with van der Waals surface area (Å²) in [6.45, 7) is 4.69. The molecule has 2 aromatic carbocycles. The van der Waals surface area contributed by atoms with Crippen molar-refractivity contribution in [1.82, 2.24) is 14.9 Å². The lowest BCUT2D eigenvalue weighted by molar-refractivity contribution is -0.172. The molecule has 46 heavy (non-hydrogen) atoms. The van der Waals surface area contributed by atoms with E-state index in [4.69, 9.17) is 20.2 Å². The molecule has 0 aliphatic carbocycles. The van der Waals surface area contributed by atoms with Crippen LogP contribution in [0.25, 0.3) is 22.3 Å². The Morgan fingerprint density at radius 2 is 1.91 bits per heavy atom. The highest BCUT2D eigenvalue weighted by atomic mass is 35.5. The number of halogens is 1. The topological polar surface area (TPSA) is 166 Å². The van der Waals surface area contributed by atoms with Gasteiger partial charge in [-0.05, 0) is 73.2 Å². The number of rotatable bonds is 10. The first kappa shape index (κ1) is 32.9. The number of esters is 1. The maximum Gasteiger partial charge on any atom is 0.343 e. The van der Waals surface area contributed by atoms with E-state index in [0.29, 0.717) is 67.2 Å². The lowest BCUT2D eigenvalue weighted by Gasteiger charge is -2.31. The van der Waals surface area contributed by atoms with E-state index in [1.54, 1.807) is 41.8 Å². The average Bonchev–Trinajstić information content (AvgIpc) is 3.41. The predicted octanol–water partition coefficient (Wildman–Crippen LogP) is 3.22. The van der Waals surface area contributed by atoms with Gasteiger partial charge in [-0.25, -0.2) is 9.78 Å². The number of phenolic OH excluding ortho intramolecular Hbond substituents is 1. The van der Waals surface area contributed by atoms with E-state index in [9.17, 15) is 24.6 Å². The lowest BCUT2D eigenvalue weighted by Crippen LogP contribution is -2.44. The van der Waals surface area contributed by atoms with Gasteiger partial charge in [-0.15, -0.1) is 12.4 Å². The number of aliphatic hydroxyl groups is 1. The van der Waals surface area contributed by atoms with Crippen LogP contribution in [0.2, 0.25) is 0 Å². The molecule has 2 atom stereocenters. The fourth-order valence-corrected chi connectivity index (χ4v) is 6.22. The zero-order valence-corrected chi connectivity index (χ0v) is 26.5. The van der Waals surface area contributed by atoms with Gasteiger partial charge < -0.3 is 35.3 Å². The number of hydrogen-bond acceptors (Lipinski definition) is 9. The largest absolute Gasteiger partial charge is 0.508 e. The Morgan fingerprint density at radius 1 is 1.15 bits per heavy atom. The van der Waals surface area contributed by atoms with Gasteiger partial charge in [-0.2, -0.15) is 0 Å². The number of carbonyl (C=O) groups excluding carboxylic acids is 2. The SMILES string of the molecule is CCc1c2c(nc3ccc(OCCCNC(=O)[C@@H](N)Cc4ccc(O)cc4)cc13)-c1cc3c(c(=O)n1C2)COC(=O)[C@]3(O)CC.Cl. The van der Waals surface area contributed by atoms with Crippen molar-refractivity contribution in [3.63, 3.8) is 0 Å². The molecule has 0 saturated heterocycles. The van der Waals surface area contributed by atoms with E-state index in [0.717, 1.165) is 27.6 Å². The summed E-state index contributed by atoms with van der Waals surface area (Å²) < 4.78 is 12.8. The summed E-state index contributed by atoms with van der Waals surface area (Å²) in [4.78, 5) is 43.4. The van der Waals surface area contributed by atoms with Crippen LogP contribution in [-0.2, 0) is 45.9 Å². The number of aryl methyl sites for hydroxylation is 1. The predicted molar refractivity (Wildman–Crippen MR) is 174 cm³/mol. The molecule has 0 fully saturated rings. The fraction of sp³-hybridized carbons (Fsp3) is 0.353. The van der Waals surface area contributed by atoms with Crippen LogP contribution in [-0.4, -0.2) is 50.8 Å². The third kappa shape index (κ3) is 5.81. The first-order chi connectivity index (χ1) is 21.6. The van der Waals surface area contributed by atoms with Gasteiger partial charge in [0.25, 0.3) is 5.56 Å². The van der Waals surface area contributed by atoms with Crippen LogP contribution in [0.5, 0.6) is 11.5 Å². The van der Waals surface area contributed by atoms with Crippen molar-refractivity contribution in [3.8, 4) is 22.9 Å². The number of fused-ring (bicyclic) bond motifs is 5. The van der Waals surface area contributed by atoms with Crippen molar-refractivity contribution < 1.29 is 29.3 Å². The molecule has 0 spiro atoms. The minimum absolute atomic E-state index is 0. The molecule has 0 unspecified atom stereocenters. The highest BCUT2D eigenvalue weighted by Crippen LogP contribution is 2.40. The third-order valence-corrected chi connectivity index (χ3v) is 8.75. The number of nitrogens with zero attached hydrogens (tertiary/aromatic N) is 2. The molecule has 2 aliphatic heterocycles. The molecule has 0 radical (unpaired) electrons. The number of nitrogens with two attached hydrogens (primary N) is 1. The molecule has 6 rings (SSSR count). The van der Waals surface area contributed by atoms with Crippen molar-refractivity contribution in [2.45, 2.75) is 64.3 Å². The molecular formula is C34H37ClN4O7. The van der Waals surface area contributed by atoms with Gasteiger partial charge >= 0.3 is 5.97 Å². The Bertz CT molecular complexity index is 1870. The van der Waals surface area contributed by atoms with Gasteiger partial charge in [0.2, 0.25) is 5.91 Å². The number of cyclic esters (lactones) is 1. The number of amides is 1. The Kier molecular flexibility index (Phi) is 9.39. The van der Waals surface area contributed by atoms with Crippen LogP contribution in [0.3, 0.4) is 0 Å². The van der Waals surface area contributed by atoms with Crippen molar-refractivity contribution in [2.75, 3.05) is 13.2 Å². The highest BCUT2D eigenvalue weighted by Gasteiger charge is 2.45.